The third kappa shape index (κ3) is 4.10. The van der Waals surface area contributed by atoms with Crippen molar-refractivity contribution in [2.24, 2.45) is 5.10 Å². The van der Waals surface area contributed by atoms with Gasteiger partial charge in [0.25, 0.3) is 5.91 Å². The Balaban J connectivity index is 1.49. The highest BCUT2D eigenvalue weighted by atomic mass is 35.5. The Morgan fingerprint density at radius 3 is 2.83 bits per heavy atom. The molecule has 124 valence electrons. The predicted molar refractivity (Wildman–Crippen MR) is 90.3 cm³/mol. The summed E-state index contributed by atoms with van der Waals surface area (Å²) >= 11 is 11.7. The van der Waals surface area contributed by atoms with E-state index in [1.165, 1.54) is 6.21 Å². The van der Waals surface area contributed by atoms with Gasteiger partial charge < -0.3 is 14.2 Å². The molecule has 0 aliphatic carbocycles. The zero-order chi connectivity index (χ0) is 16.9. The molecule has 8 heteroatoms. The number of fused-ring (bicyclic) bond motifs is 1. The third-order valence-electron chi connectivity index (χ3n) is 3.06. The first kappa shape index (κ1) is 16.4. The molecule has 1 amide bonds. The van der Waals surface area contributed by atoms with Crippen molar-refractivity contribution in [1.82, 2.24) is 5.43 Å². The molecule has 3 rings (SSSR count). The number of amides is 1. The van der Waals surface area contributed by atoms with E-state index in [2.05, 4.69) is 10.5 Å². The molecule has 2 aromatic carbocycles. The van der Waals surface area contributed by atoms with Crippen molar-refractivity contribution >= 4 is 35.3 Å². The summed E-state index contributed by atoms with van der Waals surface area (Å²) < 4.78 is 15.8. The van der Waals surface area contributed by atoms with Crippen LogP contribution in [-0.2, 0) is 4.79 Å². The molecule has 1 aliphatic rings. The molecule has 6 nitrogen and oxygen atoms in total. The van der Waals surface area contributed by atoms with Crippen LogP contribution >= 0.6 is 23.2 Å². The van der Waals surface area contributed by atoms with E-state index in [4.69, 9.17) is 37.4 Å². The first-order valence-corrected chi connectivity index (χ1v) is 7.67. The van der Waals surface area contributed by atoms with Gasteiger partial charge in [0.15, 0.2) is 18.1 Å². The summed E-state index contributed by atoms with van der Waals surface area (Å²) in [6.07, 6.45) is 1.46. The smallest absolute Gasteiger partial charge is 0.277 e. The van der Waals surface area contributed by atoms with Gasteiger partial charge in [0.1, 0.15) is 5.75 Å². The highest BCUT2D eigenvalue weighted by molar-refractivity contribution is 6.42. The molecular formula is C16H12Cl2N2O4. The fourth-order valence-corrected chi connectivity index (χ4v) is 2.23. The molecule has 0 aromatic heterocycles. The van der Waals surface area contributed by atoms with Crippen LogP contribution < -0.4 is 19.6 Å². The molecular weight excluding hydrogens is 355 g/mol. The summed E-state index contributed by atoms with van der Waals surface area (Å²) in [5.74, 6) is 1.34. The molecule has 2 aromatic rings. The largest absolute Gasteiger partial charge is 0.484 e. The van der Waals surface area contributed by atoms with Crippen molar-refractivity contribution in [3.05, 3.63) is 52.0 Å². The Labute approximate surface area is 147 Å². The van der Waals surface area contributed by atoms with Crippen molar-refractivity contribution in [3.63, 3.8) is 0 Å². The van der Waals surface area contributed by atoms with E-state index in [-0.39, 0.29) is 13.4 Å². The van der Waals surface area contributed by atoms with Gasteiger partial charge in [-0.3, -0.25) is 4.79 Å². The molecule has 1 heterocycles. The number of ether oxygens (including phenoxy) is 3. The van der Waals surface area contributed by atoms with Gasteiger partial charge in [0.2, 0.25) is 6.79 Å². The lowest BCUT2D eigenvalue weighted by Crippen LogP contribution is -2.24. The van der Waals surface area contributed by atoms with Crippen molar-refractivity contribution < 1.29 is 19.0 Å². The molecule has 0 atom stereocenters. The number of hydrogen-bond acceptors (Lipinski definition) is 5. The van der Waals surface area contributed by atoms with E-state index in [1.54, 1.807) is 36.4 Å². The average Bonchev–Trinajstić information content (AvgIpc) is 3.04. The van der Waals surface area contributed by atoms with Crippen LogP contribution in [0.5, 0.6) is 17.2 Å². The summed E-state index contributed by atoms with van der Waals surface area (Å²) in [5, 5.41) is 4.70. The Kier molecular flexibility index (Phi) is 5.08. The zero-order valence-electron chi connectivity index (χ0n) is 12.3. The Morgan fingerprint density at radius 2 is 2.00 bits per heavy atom. The van der Waals surface area contributed by atoms with E-state index < -0.39 is 5.91 Å². The minimum absolute atomic E-state index is 0.182. The van der Waals surface area contributed by atoms with Gasteiger partial charge in [0.05, 0.1) is 16.3 Å². The fourth-order valence-electron chi connectivity index (χ4n) is 1.92. The first-order chi connectivity index (χ1) is 11.6. The van der Waals surface area contributed by atoms with E-state index in [1.807, 2.05) is 0 Å². The normalized spacial score (nSPS) is 12.4. The van der Waals surface area contributed by atoms with Crippen LogP contribution in [-0.4, -0.2) is 25.5 Å². The summed E-state index contributed by atoms with van der Waals surface area (Å²) in [6, 6.07) is 10.1. The topological polar surface area (TPSA) is 69.2 Å². The molecule has 24 heavy (non-hydrogen) atoms. The van der Waals surface area contributed by atoms with E-state index >= 15 is 0 Å². The highest BCUT2D eigenvalue weighted by Gasteiger charge is 2.14. The van der Waals surface area contributed by atoms with Gasteiger partial charge in [-0.15, -0.1) is 0 Å². The number of carbonyl (C=O) groups is 1. The molecule has 0 unspecified atom stereocenters. The van der Waals surface area contributed by atoms with Crippen LogP contribution in [0.2, 0.25) is 10.0 Å². The van der Waals surface area contributed by atoms with Crippen LogP contribution in [0.1, 0.15) is 5.56 Å². The maximum absolute atomic E-state index is 11.7. The van der Waals surface area contributed by atoms with Crippen LogP contribution in [0.15, 0.2) is 41.5 Å². The minimum Gasteiger partial charge on any atom is -0.484 e. The standard InChI is InChI=1S/C16H12Cl2N2O4/c17-12-3-1-10(5-13(12)18)7-19-20-16(21)8-22-11-2-4-14-15(6-11)24-9-23-14/h1-7H,8-9H2,(H,20,21)/b19-7-. The monoisotopic (exact) mass is 366 g/mol. The second kappa shape index (κ2) is 7.42. The maximum atomic E-state index is 11.7. The number of carbonyl (C=O) groups excluding carboxylic acids is 1. The number of rotatable bonds is 5. The quantitative estimate of drug-likeness (QED) is 0.651. The van der Waals surface area contributed by atoms with Crippen LogP contribution in [0.25, 0.3) is 0 Å². The Hall–Kier alpha value is -2.44. The van der Waals surface area contributed by atoms with Gasteiger partial charge in [-0.2, -0.15) is 5.10 Å². The molecule has 0 saturated carbocycles. The van der Waals surface area contributed by atoms with Crippen molar-refractivity contribution in [3.8, 4) is 17.2 Å². The number of hydrazone groups is 1. The van der Waals surface area contributed by atoms with Gasteiger partial charge >= 0.3 is 0 Å². The molecule has 0 fully saturated rings. The van der Waals surface area contributed by atoms with Crippen LogP contribution in [0, 0.1) is 0 Å². The maximum Gasteiger partial charge on any atom is 0.277 e. The van der Waals surface area contributed by atoms with Crippen molar-refractivity contribution in [1.29, 1.82) is 0 Å². The molecule has 1 N–H and O–H groups in total. The minimum atomic E-state index is -0.399. The molecule has 0 bridgehead atoms. The zero-order valence-corrected chi connectivity index (χ0v) is 13.8. The summed E-state index contributed by atoms with van der Waals surface area (Å²) in [4.78, 5) is 11.7. The number of benzene rings is 2. The molecule has 0 saturated heterocycles. The molecule has 0 spiro atoms. The fraction of sp³-hybridized carbons (Fsp3) is 0.125. The van der Waals surface area contributed by atoms with Crippen molar-refractivity contribution in [2.75, 3.05) is 13.4 Å². The van der Waals surface area contributed by atoms with Crippen LogP contribution in [0.3, 0.4) is 0 Å². The number of nitrogens with one attached hydrogen (secondary N) is 1. The summed E-state index contributed by atoms with van der Waals surface area (Å²) in [5.41, 5.74) is 3.07. The molecule has 1 aliphatic heterocycles. The Morgan fingerprint density at radius 1 is 1.17 bits per heavy atom. The van der Waals surface area contributed by atoms with Gasteiger partial charge in [-0.05, 0) is 29.8 Å². The van der Waals surface area contributed by atoms with E-state index in [0.29, 0.717) is 32.9 Å². The summed E-state index contributed by atoms with van der Waals surface area (Å²) in [6.45, 7) is 0.00105. The first-order valence-electron chi connectivity index (χ1n) is 6.91. The lowest BCUT2D eigenvalue weighted by atomic mass is 10.2. The van der Waals surface area contributed by atoms with Crippen molar-refractivity contribution in [2.45, 2.75) is 0 Å². The van der Waals surface area contributed by atoms with Gasteiger partial charge in [-0.25, -0.2) is 5.43 Å². The summed E-state index contributed by atoms with van der Waals surface area (Å²) in [7, 11) is 0. The lowest BCUT2D eigenvalue weighted by Gasteiger charge is -2.05. The average molecular weight is 367 g/mol. The SMILES string of the molecule is O=C(COc1ccc2c(c1)OCO2)N/N=C\c1ccc(Cl)c(Cl)c1. The highest BCUT2D eigenvalue weighted by Crippen LogP contribution is 2.35. The number of halogens is 2. The Bertz CT molecular complexity index is 796. The predicted octanol–water partition coefficient (Wildman–Crippen LogP) is 3.25. The number of hydrogen-bond donors (Lipinski definition) is 1. The van der Waals surface area contributed by atoms with E-state index in [9.17, 15) is 4.79 Å². The van der Waals surface area contributed by atoms with E-state index in [0.717, 1.165) is 0 Å². The number of nitrogens with zero attached hydrogens (tertiary/aromatic N) is 1. The van der Waals surface area contributed by atoms with Crippen LogP contribution in [0.4, 0.5) is 0 Å². The second-order valence-corrected chi connectivity index (χ2v) is 5.58. The lowest BCUT2D eigenvalue weighted by molar-refractivity contribution is -0.123. The second-order valence-electron chi connectivity index (χ2n) is 4.77. The third-order valence-corrected chi connectivity index (χ3v) is 3.80. The molecule has 0 radical (unpaired) electrons. The van der Waals surface area contributed by atoms with Gasteiger partial charge in [-0.1, -0.05) is 29.3 Å². The van der Waals surface area contributed by atoms with Gasteiger partial charge in [0, 0.05) is 6.07 Å².